The molecule has 1 aliphatic rings. The van der Waals surface area contributed by atoms with Crippen molar-refractivity contribution in [3.8, 4) is 11.8 Å². The fourth-order valence-corrected chi connectivity index (χ4v) is 3.83. The van der Waals surface area contributed by atoms with Crippen molar-refractivity contribution in [1.29, 1.82) is 0 Å². The van der Waals surface area contributed by atoms with Crippen molar-refractivity contribution in [1.82, 2.24) is 9.21 Å². The van der Waals surface area contributed by atoms with Crippen LogP contribution < -0.4 is 0 Å². The highest BCUT2D eigenvalue weighted by molar-refractivity contribution is 7.88. The van der Waals surface area contributed by atoms with Crippen LogP contribution in [0.25, 0.3) is 0 Å². The Morgan fingerprint density at radius 2 is 2.05 bits per heavy atom. The van der Waals surface area contributed by atoms with E-state index in [4.69, 9.17) is 5.11 Å². The van der Waals surface area contributed by atoms with E-state index in [0.717, 1.165) is 25.2 Å². The molecule has 2 rings (SSSR count). The molecular weight excluding hydrogens is 296 g/mol. The fraction of sp³-hybridized carbons (Fsp3) is 0.538. The van der Waals surface area contributed by atoms with Gasteiger partial charge in [-0.3, -0.25) is 4.90 Å². The van der Waals surface area contributed by atoms with Crippen molar-refractivity contribution in [3.05, 3.63) is 21.9 Å². The van der Waals surface area contributed by atoms with Gasteiger partial charge in [-0.05, 0) is 11.4 Å². The van der Waals surface area contributed by atoms with Crippen LogP contribution in [0.5, 0.6) is 0 Å². The lowest BCUT2D eigenvalue weighted by Crippen LogP contribution is -2.47. The molecule has 0 aliphatic carbocycles. The van der Waals surface area contributed by atoms with Crippen LogP contribution in [0.2, 0.25) is 0 Å². The average molecular weight is 314 g/mol. The third kappa shape index (κ3) is 4.04. The smallest absolute Gasteiger partial charge is 0.211 e. The minimum atomic E-state index is -3.07. The number of thiophene rings is 1. The van der Waals surface area contributed by atoms with Gasteiger partial charge >= 0.3 is 0 Å². The molecular formula is C13H18N2O3S2. The van der Waals surface area contributed by atoms with E-state index in [1.165, 1.54) is 15.4 Å². The molecule has 5 nitrogen and oxygen atoms in total. The number of aliphatic hydroxyl groups excluding tert-OH is 1. The van der Waals surface area contributed by atoms with Crippen LogP contribution in [0.4, 0.5) is 0 Å². The molecule has 20 heavy (non-hydrogen) atoms. The van der Waals surface area contributed by atoms with Crippen molar-refractivity contribution in [2.45, 2.75) is 6.54 Å². The third-order valence-corrected chi connectivity index (χ3v) is 5.42. The SMILES string of the molecule is CS(=O)(=O)N1CCN(Cc2sccc2C#CCO)CC1. The molecule has 0 radical (unpaired) electrons. The second-order valence-electron chi connectivity index (χ2n) is 4.66. The predicted molar refractivity (Wildman–Crippen MR) is 80.0 cm³/mol. The van der Waals surface area contributed by atoms with E-state index in [2.05, 4.69) is 16.7 Å². The summed E-state index contributed by atoms with van der Waals surface area (Å²) < 4.78 is 24.4. The van der Waals surface area contributed by atoms with Crippen molar-refractivity contribution in [2.75, 3.05) is 39.0 Å². The van der Waals surface area contributed by atoms with E-state index in [0.29, 0.717) is 13.1 Å². The lowest BCUT2D eigenvalue weighted by Gasteiger charge is -2.32. The number of piperazine rings is 1. The van der Waals surface area contributed by atoms with Crippen LogP contribution in [0.3, 0.4) is 0 Å². The molecule has 1 aromatic rings. The zero-order valence-corrected chi connectivity index (χ0v) is 13.0. The molecule has 7 heteroatoms. The average Bonchev–Trinajstić information content (AvgIpc) is 2.83. The summed E-state index contributed by atoms with van der Waals surface area (Å²) in [7, 11) is -3.07. The Morgan fingerprint density at radius 3 is 2.65 bits per heavy atom. The van der Waals surface area contributed by atoms with Gasteiger partial charge in [0.15, 0.2) is 0 Å². The highest BCUT2D eigenvalue weighted by Crippen LogP contribution is 2.19. The predicted octanol–water partition coefficient (Wildman–Crippen LogP) is 0.169. The Kier molecular flexibility index (Phi) is 5.18. The molecule has 0 amide bonds. The first-order valence-electron chi connectivity index (χ1n) is 6.34. The number of aliphatic hydroxyl groups is 1. The van der Waals surface area contributed by atoms with Gasteiger partial charge in [0.2, 0.25) is 10.0 Å². The molecule has 1 fully saturated rings. The summed E-state index contributed by atoms with van der Waals surface area (Å²) in [5.41, 5.74) is 0.953. The number of rotatable bonds is 3. The second-order valence-corrected chi connectivity index (χ2v) is 7.64. The molecule has 1 N–H and O–H groups in total. The van der Waals surface area contributed by atoms with Gasteiger partial charge in [0.1, 0.15) is 6.61 Å². The maximum Gasteiger partial charge on any atom is 0.211 e. The molecule has 0 saturated carbocycles. The van der Waals surface area contributed by atoms with Gasteiger partial charge in [0, 0.05) is 43.2 Å². The Labute approximate surface area is 123 Å². The minimum Gasteiger partial charge on any atom is -0.384 e. The molecule has 0 aromatic carbocycles. The first kappa shape index (κ1) is 15.5. The van der Waals surface area contributed by atoms with Crippen LogP contribution in [0, 0.1) is 11.8 Å². The molecule has 2 heterocycles. The van der Waals surface area contributed by atoms with Gasteiger partial charge in [-0.1, -0.05) is 11.8 Å². The summed E-state index contributed by atoms with van der Waals surface area (Å²) in [5.74, 6) is 5.60. The van der Waals surface area contributed by atoms with Gasteiger partial charge < -0.3 is 5.11 Å². The lowest BCUT2D eigenvalue weighted by molar-refractivity contribution is 0.183. The van der Waals surface area contributed by atoms with Crippen LogP contribution in [0.1, 0.15) is 10.4 Å². The summed E-state index contributed by atoms with van der Waals surface area (Å²) in [5, 5.41) is 10.7. The van der Waals surface area contributed by atoms with Crippen molar-refractivity contribution in [3.63, 3.8) is 0 Å². The molecule has 1 aliphatic heterocycles. The zero-order valence-electron chi connectivity index (χ0n) is 11.4. The topological polar surface area (TPSA) is 60.9 Å². The Balaban J connectivity index is 1.95. The normalized spacial score (nSPS) is 17.7. The van der Waals surface area contributed by atoms with Gasteiger partial charge in [-0.2, -0.15) is 4.31 Å². The molecule has 1 aromatic heterocycles. The van der Waals surface area contributed by atoms with Crippen LogP contribution in [0.15, 0.2) is 11.4 Å². The number of hydrogen-bond donors (Lipinski definition) is 1. The summed E-state index contributed by atoms with van der Waals surface area (Å²) in [6.07, 6.45) is 1.25. The van der Waals surface area contributed by atoms with Gasteiger partial charge in [0.25, 0.3) is 0 Å². The van der Waals surface area contributed by atoms with Crippen molar-refractivity contribution in [2.24, 2.45) is 0 Å². The minimum absolute atomic E-state index is 0.137. The quantitative estimate of drug-likeness (QED) is 0.808. The highest BCUT2D eigenvalue weighted by Gasteiger charge is 2.23. The van der Waals surface area contributed by atoms with Crippen molar-refractivity contribution < 1.29 is 13.5 Å². The fourth-order valence-electron chi connectivity index (χ4n) is 2.13. The maximum absolute atomic E-state index is 11.4. The Morgan fingerprint density at radius 1 is 1.35 bits per heavy atom. The summed E-state index contributed by atoms with van der Waals surface area (Å²) in [4.78, 5) is 3.40. The Bertz CT molecular complexity index is 605. The summed E-state index contributed by atoms with van der Waals surface area (Å²) in [6.45, 7) is 3.20. The molecule has 0 bridgehead atoms. The number of sulfonamides is 1. The molecule has 0 spiro atoms. The zero-order chi connectivity index (χ0) is 14.6. The van der Waals surface area contributed by atoms with E-state index in [9.17, 15) is 8.42 Å². The molecule has 110 valence electrons. The third-order valence-electron chi connectivity index (χ3n) is 3.22. The van der Waals surface area contributed by atoms with Gasteiger partial charge in [-0.15, -0.1) is 11.3 Å². The molecule has 1 saturated heterocycles. The Hall–Kier alpha value is -0.910. The van der Waals surface area contributed by atoms with E-state index >= 15 is 0 Å². The van der Waals surface area contributed by atoms with Crippen LogP contribution in [-0.2, 0) is 16.6 Å². The summed E-state index contributed by atoms with van der Waals surface area (Å²) in [6, 6.07) is 1.95. The van der Waals surface area contributed by atoms with Gasteiger partial charge in [0.05, 0.1) is 6.26 Å². The second kappa shape index (κ2) is 6.70. The summed E-state index contributed by atoms with van der Waals surface area (Å²) >= 11 is 1.64. The first-order chi connectivity index (χ1) is 9.50. The van der Waals surface area contributed by atoms with E-state index < -0.39 is 10.0 Å². The largest absolute Gasteiger partial charge is 0.384 e. The van der Waals surface area contributed by atoms with E-state index in [1.807, 2.05) is 11.4 Å². The van der Waals surface area contributed by atoms with E-state index in [1.54, 1.807) is 11.3 Å². The van der Waals surface area contributed by atoms with Crippen LogP contribution in [-0.4, -0.2) is 61.8 Å². The highest BCUT2D eigenvalue weighted by atomic mass is 32.2. The van der Waals surface area contributed by atoms with E-state index in [-0.39, 0.29) is 6.61 Å². The number of hydrogen-bond acceptors (Lipinski definition) is 5. The monoisotopic (exact) mass is 314 g/mol. The maximum atomic E-state index is 11.4. The number of nitrogens with zero attached hydrogens (tertiary/aromatic N) is 2. The van der Waals surface area contributed by atoms with Crippen molar-refractivity contribution >= 4 is 21.4 Å². The molecule has 0 unspecified atom stereocenters. The molecule has 0 atom stereocenters. The first-order valence-corrected chi connectivity index (χ1v) is 9.07. The lowest BCUT2D eigenvalue weighted by atomic mass is 10.2. The van der Waals surface area contributed by atoms with Gasteiger partial charge in [-0.25, -0.2) is 8.42 Å². The van der Waals surface area contributed by atoms with Crippen LogP contribution >= 0.6 is 11.3 Å². The standard InChI is InChI=1S/C13H18N2O3S2/c1-20(17,18)15-7-5-14(6-8-15)11-13-12(3-2-9-16)4-10-19-13/h4,10,16H,5-9,11H2,1H3.